The zero-order chi connectivity index (χ0) is 16.5. The van der Waals surface area contributed by atoms with Crippen molar-refractivity contribution in [1.29, 1.82) is 0 Å². The van der Waals surface area contributed by atoms with Crippen LogP contribution in [0, 0.1) is 12.3 Å². The summed E-state index contributed by atoms with van der Waals surface area (Å²) in [6.07, 6.45) is 11.6. The normalized spacial score (nSPS) is 14.3. The second-order valence-electron chi connectivity index (χ2n) is 5.64. The van der Waals surface area contributed by atoms with E-state index in [0.717, 1.165) is 5.56 Å². The Morgan fingerprint density at radius 2 is 2.22 bits per heavy atom. The highest BCUT2D eigenvalue weighted by Crippen LogP contribution is 2.37. The van der Waals surface area contributed by atoms with Crippen LogP contribution in [0.4, 0.5) is 0 Å². The Hall–Kier alpha value is -2.26. The molecule has 0 bridgehead atoms. The Kier molecular flexibility index (Phi) is 6.24. The van der Waals surface area contributed by atoms with Crippen LogP contribution in [0.1, 0.15) is 37.7 Å². The van der Waals surface area contributed by atoms with Gasteiger partial charge in [0.2, 0.25) is 5.91 Å². The molecule has 1 aromatic heterocycles. The summed E-state index contributed by atoms with van der Waals surface area (Å²) < 4.78 is 0. The van der Waals surface area contributed by atoms with E-state index in [4.69, 9.17) is 11.5 Å². The molecule has 1 N–H and O–H groups in total. The maximum Gasteiger partial charge on any atom is 0.223 e. The fourth-order valence-electron chi connectivity index (χ4n) is 2.40. The monoisotopic (exact) mass is 314 g/mol. The number of nitrogens with zero attached hydrogens (tertiary/aromatic N) is 4. The molecule has 1 amide bonds. The number of carbonyl (C=O) groups is 1. The number of amides is 1. The number of aliphatic hydroxyl groups excluding tert-OH is 1. The Morgan fingerprint density at radius 1 is 1.39 bits per heavy atom. The van der Waals surface area contributed by atoms with Crippen molar-refractivity contribution in [1.82, 2.24) is 9.88 Å². The molecule has 0 saturated heterocycles. The molecule has 0 aromatic carbocycles. The lowest BCUT2D eigenvalue weighted by Gasteiger charge is -2.23. The van der Waals surface area contributed by atoms with Crippen LogP contribution in [0.3, 0.4) is 0 Å². The van der Waals surface area contributed by atoms with Crippen molar-refractivity contribution in [2.24, 2.45) is 10.2 Å². The van der Waals surface area contributed by atoms with Gasteiger partial charge in [-0.2, -0.15) is 10.2 Å². The van der Waals surface area contributed by atoms with E-state index < -0.39 is 5.66 Å². The maximum atomic E-state index is 12.5. The van der Waals surface area contributed by atoms with Crippen molar-refractivity contribution in [2.75, 3.05) is 13.2 Å². The van der Waals surface area contributed by atoms with Crippen LogP contribution in [0.15, 0.2) is 34.8 Å². The number of hydrogen-bond donors (Lipinski definition) is 1. The van der Waals surface area contributed by atoms with E-state index in [1.807, 2.05) is 12.1 Å². The molecule has 2 heterocycles. The minimum absolute atomic E-state index is 0.0414. The van der Waals surface area contributed by atoms with Gasteiger partial charge in [0.05, 0.1) is 0 Å². The molecule has 2 rings (SSSR count). The first-order valence-corrected chi connectivity index (χ1v) is 7.84. The van der Waals surface area contributed by atoms with Gasteiger partial charge in [-0.3, -0.25) is 9.78 Å². The first-order valence-electron chi connectivity index (χ1n) is 7.84. The minimum atomic E-state index is -0.432. The van der Waals surface area contributed by atoms with E-state index in [-0.39, 0.29) is 12.5 Å². The molecule has 0 unspecified atom stereocenters. The lowest BCUT2D eigenvalue weighted by molar-refractivity contribution is -0.132. The summed E-state index contributed by atoms with van der Waals surface area (Å²) in [7, 11) is 0. The van der Waals surface area contributed by atoms with Crippen LogP contribution in [0.2, 0.25) is 0 Å². The predicted molar refractivity (Wildman–Crippen MR) is 86.2 cm³/mol. The summed E-state index contributed by atoms with van der Waals surface area (Å²) in [6, 6.07) is 3.78. The number of pyridine rings is 1. The van der Waals surface area contributed by atoms with Crippen molar-refractivity contribution in [2.45, 2.75) is 44.3 Å². The van der Waals surface area contributed by atoms with Crippen LogP contribution in [-0.2, 0) is 11.3 Å². The topological polar surface area (TPSA) is 78.2 Å². The first-order chi connectivity index (χ1) is 11.2. The van der Waals surface area contributed by atoms with Crippen LogP contribution >= 0.6 is 0 Å². The molecular weight excluding hydrogens is 292 g/mol. The fraction of sp³-hybridized carbons (Fsp3) is 0.529. The summed E-state index contributed by atoms with van der Waals surface area (Å²) in [4.78, 5) is 18.3. The van der Waals surface area contributed by atoms with Crippen molar-refractivity contribution in [3.05, 3.63) is 30.1 Å². The van der Waals surface area contributed by atoms with E-state index in [1.54, 1.807) is 17.3 Å². The molecule has 122 valence electrons. The number of carbonyl (C=O) groups excluding carboxylic acids is 1. The number of aliphatic hydroxyl groups is 1. The molecule has 0 saturated carbocycles. The third-order valence-electron chi connectivity index (χ3n) is 3.83. The average molecular weight is 314 g/mol. The number of rotatable bonds is 10. The summed E-state index contributed by atoms with van der Waals surface area (Å²) in [5, 5.41) is 17.1. The molecule has 1 aliphatic rings. The number of aromatic nitrogens is 1. The third-order valence-corrected chi connectivity index (χ3v) is 3.83. The van der Waals surface area contributed by atoms with Crippen molar-refractivity contribution in [3.63, 3.8) is 0 Å². The highest BCUT2D eigenvalue weighted by molar-refractivity contribution is 5.76. The minimum Gasteiger partial charge on any atom is -0.396 e. The van der Waals surface area contributed by atoms with Gasteiger partial charge >= 0.3 is 0 Å². The molecule has 0 aliphatic carbocycles. The Labute approximate surface area is 136 Å². The van der Waals surface area contributed by atoms with Crippen LogP contribution in [0.25, 0.3) is 0 Å². The highest BCUT2D eigenvalue weighted by atomic mass is 16.3. The quantitative estimate of drug-likeness (QED) is 0.672. The van der Waals surface area contributed by atoms with E-state index in [1.165, 1.54) is 0 Å². The smallest absolute Gasteiger partial charge is 0.223 e. The summed E-state index contributed by atoms with van der Waals surface area (Å²) in [5.74, 6) is 2.63. The molecule has 6 nitrogen and oxygen atoms in total. The van der Waals surface area contributed by atoms with Gasteiger partial charge in [-0.15, -0.1) is 12.3 Å². The molecule has 0 spiro atoms. The summed E-state index contributed by atoms with van der Waals surface area (Å²) >= 11 is 0. The van der Waals surface area contributed by atoms with Gasteiger partial charge in [-0.1, -0.05) is 6.07 Å². The fourth-order valence-corrected chi connectivity index (χ4v) is 2.40. The Morgan fingerprint density at radius 3 is 2.83 bits per heavy atom. The van der Waals surface area contributed by atoms with E-state index >= 15 is 0 Å². The van der Waals surface area contributed by atoms with E-state index in [0.29, 0.717) is 45.2 Å². The van der Waals surface area contributed by atoms with Gasteiger partial charge < -0.3 is 10.0 Å². The second kappa shape index (κ2) is 8.39. The lowest BCUT2D eigenvalue weighted by atomic mass is 10.0. The number of hydrogen-bond acceptors (Lipinski definition) is 5. The van der Waals surface area contributed by atoms with Gasteiger partial charge in [0.25, 0.3) is 0 Å². The van der Waals surface area contributed by atoms with Gasteiger partial charge in [0, 0.05) is 57.8 Å². The van der Waals surface area contributed by atoms with E-state index in [2.05, 4.69) is 21.1 Å². The summed E-state index contributed by atoms with van der Waals surface area (Å²) in [6.45, 7) is 1.09. The largest absolute Gasteiger partial charge is 0.396 e. The SMILES string of the molecule is C#CCCC1(CCC(=O)N(CCCO)Cc2cccnc2)N=N1. The first kappa shape index (κ1) is 17.1. The second-order valence-corrected chi connectivity index (χ2v) is 5.64. The molecule has 0 radical (unpaired) electrons. The van der Waals surface area contributed by atoms with Crippen molar-refractivity contribution < 1.29 is 9.90 Å². The van der Waals surface area contributed by atoms with Gasteiger partial charge in [-0.05, 0) is 18.1 Å². The molecule has 6 heteroatoms. The standard InChI is InChI=1S/C17H22N4O2/c1-2-3-8-17(19-20-17)9-7-16(23)21(11-5-12-22)14-15-6-4-10-18-13-15/h1,4,6,10,13,22H,3,5,7-9,11-12,14H2. The predicted octanol–water partition coefficient (Wildman–Crippen LogP) is 2.15. The lowest BCUT2D eigenvalue weighted by Crippen LogP contribution is -2.32. The molecule has 23 heavy (non-hydrogen) atoms. The molecule has 1 aromatic rings. The van der Waals surface area contributed by atoms with Gasteiger partial charge in [-0.25, -0.2) is 0 Å². The zero-order valence-corrected chi connectivity index (χ0v) is 13.2. The summed E-state index contributed by atoms with van der Waals surface area (Å²) in [5.41, 5.74) is 0.542. The molecular formula is C17H22N4O2. The van der Waals surface area contributed by atoms with Gasteiger partial charge in [0.15, 0.2) is 5.66 Å². The van der Waals surface area contributed by atoms with Crippen LogP contribution in [-0.4, -0.2) is 39.7 Å². The average Bonchev–Trinajstić information content (AvgIpc) is 3.36. The van der Waals surface area contributed by atoms with Crippen molar-refractivity contribution in [3.8, 4) is 12.3 Å². The van der Waals surface area contributed by atoms with Crippen LogP contribution in [0.5, 0.6) is 0 Å². The molecule has 1 aliphatic heterocycles. The van der Waals surface area contributed by atoms with Crippen LogP contribution < -0.4 is 0 Å². The number of terminal acetylenes is 1. The molecule has 0 fully saturated rings. The maximum absolute atomic E-state index is 12.5. The molecule has 0 atom stereocenters. The zero-order valence-electron chi connectivity index (χ0n) is 13.2. The van der Waals surface area contributed by atoms with Gasteiger partial charge in [0.1, 0.15) is 0 Å². The Bertz CT molecular complexity index is 574. The highest BCUT2D eigenvalue weighted by Gasteiger charge is 2.39. The van der Waals surface area contributed by atoms with Crippen molar-refractivity contribution >= 4 is 5.91 Å². The van der Waals surface area contributed by atoms with E-state index in [9.17, 15) is 4.79 Å². The Balaban J connectivity index is 1.87. The third kappa shape index (κ3) is 5.46.